The molecule has 3 nitrogen and oxygen atoms in total. The molecule has 1 amide bonds. The molecule has 0 aromatic carbocycles. The highest BCUT2D eigenvalue weighted by Gasteiger charge is 2.15. The predicted octanol–water partition coefficient (Wildman–Crippen LogP) is -0.271. The van der Waals surface area contributed by atoms with Crippen LogP contribution in [0, 0.1) is 6.54 Å². The molecule has 2 N–H and O–H groups in total. The van der Waals surface area contributed by atoms with Gasteiger partial charge in [-0.15, -0.1) is 0 Å². The van der Waals surface area contributed by atoms with E-state index in [9.17, 15) is 4.79 Å². The first-order chi connectivity index (χ1) is 4.34. The van der Waals surface area contributed by atoms with Gasteiger partial charge in [-0.1, -0.05) is 0 Å². The lowest BCUT2D eigenvalue weighted by molar-refractivity contribution is -0.127. The highest BCUT2D eigenvalue weighted by Crippen LogP contribution is 2.10. The molecular weight excluding hydrogens is 116 g/mol. The number of likely N-dealkylation sites (tertiary alicyclic amines) is 1. The minimum absolute atomic E-state index is 0.0347. The molecule has 0 atom stereocenters. The molecule has 0 unspecified atom stereocenters. The van der Waals surface area contributed by atoms with Crippen LogP contribution < -0.4 is 5.73 Å². The summed E-state index contributed by atoms with van der Waals surface area (Å²) in [4.78, 5) is 12.5. The Morgan fingerprint density at radius 3 is 3.00 bits per heavy atom. The van der Waals surface area contributed by atoms with E-state index in [4.69, 9.17) is 5.73 Å². The second-order valence-electron chi connectivity index (χ2n) is 2.12. The number of hydrogen-bond donors (Lipinski definition) is 1. The average molecular weight is 127 g/mol. The Kier molecular flexibility index (Phi) is 2.05. The van der Waals surface area contributed by atoms with Crippen molar-refractivity contribution in [3.63, 3.8) is 0 Å². The van der Waals surface area contributed by atoms with Gasteiger partial charge in [0.05, 0.1) is 13.1 Å². The van der Waals surface area contributed by atoms with Crippen LogP contribution in [0.5, 0.6) is 0 Å². The summed E-state index contributed by atoms with van der Waals surface area (Å²) in [7, 11) is 0. The maximum absolute atomic E-state index is 10.8. The van der Waals surface area contributed by atoms with Crippen molar-refractivity contribution >= 4 is 5.91 Å². The smallest absolute Gasteiger partial charge is 0.236 e. The van der Waals surface area contributed by atoms with E-state index in [1.807, 2.05) is 6.54 Å². The molecule has 1 radical (unpaired) electrons. The van der Waals surface area contributed by atoms with Crippen molar-refractivity contribution < 1.29 is 4.79 Å². The lowest BCUT2D eigenvalue weighted by atomic mass is 10.4. The first-order valence-electron chi connectivity index (χ1n) is 3.17. The SMILES string of the molecule is NCC(=O)N1[CH]CCC1. The standard InChI is InChI=1S/C6H11N2O/c7-5-6(9)8-3-1-2-4-8/h3H,1-2,4-5,7H2. The highest BCUT2D eigenvalue weighted by molar-refractivity contribution is 5.78. The van der Waals surface area contributed by atoms with Crippen LogP contribution in [0.1, 0.15) is 12.8 Å². The molecule has 3 heteroatoms. The van der Waals surface area contributed by atoms with E-state index < -0.39 is 0 Å². The summed E-state index contributed by atoms with van der Waals surface area (Å²) >= 11 is 0. The molecule has 0 aliphatic carbocycles. The Morgan fingerprint density at radius 2 is 2.56 bits per heavy atom. The summed E-state index contributed by atoms with van der Waals surface area (Å²) in [6, 6.07) is 0. The van der Waals surface area contributed by atoms with E-state index >= 15 is 0 Å². The normalized spacial score (nSPS) is 18.6. The zero-order chi connectivity index (χ0) is 6.69. The molecule has 0 spiro atoms. The van der Waals surface area contributed by atoms with Crippen LogP contribution in [0.3, 0.4) is 0 Å². The van der Waals surface area contributed by atoms with E-state index in [1.54, 1.807) is 4.90 Å². The van der Waals surface area contributed by atoms with Gasteiger partial charge in [0.1, 0.15) is 0 Å². The van der Waals surface area contributed by atoms with E-state index in [0.29, 0.717) is 0 Å². The second kappa shape index (κ2) is 2.82. The van der Waals surface area contributed by atoms with Crippen LogP contribution in [0.25, 0.3) is 0 Å². The Bertz CT molecular complexity index is 108. The van der Waals surface area contributed by atoms with E-state index in [0.717, 1.165) is 19.4 Å². The molecule has 1 saturated heterocycles. The van der Waals surface area contributed by atoms with E-state index in [2.05, 4.69) is 0 Å². The highest BCUT2D eigenvalue weighted by atomic mass is 16.2. The van der Waals surface area contributed by atoms with Gasteiger partial charge in [0.2, 0.25) is 5.91 Å². The monoisotopic (exact) mass is 127 g/mol. The van der Waals surface area contributed by atoms with Gasteiger partial charge in [0, 0.05) is 6.54 Å². The summed E-state index contributed by atoms with van der Waals surface area (Å²) in [5.41, 5.74) is 5.14. The van der Waals surface area contributed by atoms with Crippen molar-refractivity contribution in [1.82, 2.24) is 4.90 Å². The predicted molar refractivity (Wildman–Crippen MR) is 34.3 cm³/mol. The van der Waals surface area contributed by atoms with Crippen molar-refractivity contribution in [2.24, 2.45) is 5.73 Å². The fraction of sp³-hybridized carbons (Fsp3) is 0.667. The van der Waals surface area contributed by atoms with Crippen molar-refractivity contribution in [1.29, 1.82) is 0 Å². The number of amides is 1. The van der Waals surface area contributed by atoms with Crippen molar-refractivity contribution in [3.8, 4) is 0 Å². The average Bonchev–Trinajstić information content (AvgIpc) is 2.37. The molecule has 9 heavy (non-hydrogen) atoms. The van der Waals surface area contributed by atoms with Gasteiger partial charge in [0.25, 0.3) is 0 Å². The van der Waals surface area contributed by atoms with Crippen LogP contribution in [-0.4, -0.2) is 23.9 Å². The zero-order valence-corrected chi connectivity index (χ0v) is 5.34. The maximum atomic E-state index is 10.8. The Hall–Kier alpha value is -0.570. The number of carbonyl (C=O) groups excluding carboxylic acids is 1. The van der Waals surface area contributed by atoms with Gasteiger partial charge in [-0.25, -0.2) is 0 Å². The molecule has 0 saturated carbocycles. The zero-order valence-electron chi connectivity index (χ0n) is 5.34. The van der Waals surface area contributed by atoms with Gasteiger partial charge in [0.15, 0.2) is 0 Å². The molecule has 1 aliphatic heterocycles. The topological polar surface area (TPSA) is 46.3 Å². The first-order valence-corrected chi connectivity index (χ1v) is 3.17. The minimum atomic E-state index is 0.0347. The number of rotatable bonds is 1. The number of nitrogens with zero attached hydrogens (tertiary/aromatic N) is 1. The fourth-order valence-corrected chi connectivity index (χ4v) is 0.944. The molecule has 0 aromatic rings. The van der Waals surface area contributed by atoms with Crippen molar-refractivity contribution in [3.05, 3.63) is 6.54 Å². The first kappa shape index (κ1) is 6.55. The minimum Gasteiger partial charge on any atom is -0.337 e. The molecule has 1 fully saturated rings. The van der Waals surface area contributed by atoms with E-state index in [1.165, 1.54) is 0 Å². The van der Waals surface area contributed by atoms with Crippen LogP contribution in [-0.2, 0) is 4.79 Å². The summed E-state index contributed by atoms with van der Waals surface area (Å²) in [5, 5.41) is 0. The third kappa shape index (κ3) is 1.42. The van der Waals surface area contributed by atoms with Crippen LogP contribution in [0.15, 0.2) is 0 Å². The Labute approximate surface area is 54.8 Å². The molecular formula is C6H11N2O. The third-order valence-electron chi connectivity index (χ3n) is 1.45. The summed E-state index contributed by atoms with van der Waals surface area (Å²) in [6.45, 7) is 2.90. The Balaban J connectivity index is 2.32. The second-order valence-corrected chi connectivity index (χ2v) is 2.12. The fourth-order valence-electron chi connectivity index (χ4n) is 0.944. The summed E-state index contributed by atoms with van der Waals surface area (Å²) in [6.07, 6.45) is 2.11. The van der Waals surface area contributed by atoms with Gasteiger partial charge >= 0.3 is 0 Å². The molecule has 51 valence electrons. The third-order valence-corrected chi connectivity index (χ3v) is 1.45. The largest absolute Gasteiger partial charge is 0.337 e. The van der Waals surface area contributed by atoms with Crippen LogP contribution in [0.2, 0.25) is 0 Å². The Morgan fingerprint density at radius 1 is 1.78 bits per heavy atom. The van der Waals surface area contributed by atoms with Gasteiger partial charge < -0.3 is 10.6 Å². The maximum Gasteiger partial charge on any atom is 0.236 e. The molecule has 0 bridgehead atoms. The van der Waals surface area contributed by atoms with Gasteiger partial charge in [-0.3, -0.25) is 4.79 Å². The quantitative estimate of drug-likeness (QED) is 0.527. The van der Waals surface area contributed by atoms with Crippen LogP contribution in [0.4, 0.5) is 0 Å². The number of nitrogens with two attached hydrogens (primary N) is 1. The molecule has 0 aromatic heterocycles. The number of hydrogen-bond acceptors (Lipinski definition) is 2. The summed E-state index contributed by atoms with van der Waals surface area (Å²) in [5.74, 6) is 0.0347. The van der Waals surface area contributed by atoms with Crippen molar-refractivity contribution in [2.45, 2.75) is 12.8 Å². The number of carbonyl (C=O) groups is 1. The molecule has 1 rings (SSSR count). The van der Waals surface area contributed by atoms with E-state index in [-0.39, 0.29) is 12.5 Å². The molecule has 1 aliphatic rings. The van der Waals surface area contributed by atoms with Gasteiger partial charge in [-0.2, -0.15) is 0 Å². The van der Waals surface area contributed by atoms with Gasteiger partial charge in [-0.05, 0) is 12.8 Å². The lowest BCUT2D eigenvalue weighted by Gasteiger charge is -2.11. The summed E-state index contributed by atoms with van der Waals surface area (Å²) < 4.78 is 0. The van der Waals surface area contributed by atoms with Crippen LogP contribution >= 0.6 is 0 Å². The molecule has 1 heterocycles. The lowest BCUT2D eigenvalue weighted by Crippen LogP contribution is -2.31. The van der Waals surface area contributed by atoms with Crippen molar-refractivity contribution in [2.75, 3.05) is 13.1 Å².